The molecule has 0 aliphatic heterocycles. The van der Waals surface area contributed by atoms with Crippen molar-refractivity contribution in [1.29, 1.82) is 0 Å². The molecule has 2 aromatic heterocycles. The third kappa shape index (κ3) is 1.53. The van der Waals surface area contributed by atoms with Crippen LogP contribution in [0.5, 0.6) is 0 Å². The van der Waals surface area contributed by atoms with E-state index in [0.717, 1.165) is 0 Å². The first kappa shape index (κ1) is 9.60. The van der Waals surface area contributed by atoms with Gasteiger partial charge in [-0.1, -0.05) is 23.5 Å². The Morgan fingerprint density at radius 2 is 1.64 bits per heavy atom. The second kappa shape index (κ2) is 3.66. The van der Waals surface area contributed by atoms with Crippen LogP contribution in [0.2, 0.25) is 0 Å². The molecule has 0 bridgehead atoms. The van der Waals surface area contributed by atoms with Crippen molar-refractivity contribution in [2.24, 2.45) is 0 Å². The van der Waals surface area contributed by atoms with Crippen LogP contribution in [0.15, 0.2) is 15.1 Å². The van der Waals surface area contributed by atoms with Gasteiger partial charge in [-0.25, -0.2) is 9.97 Å². The Hall–Kier alpha value is -0.950. The van der Waals surface area contributed by atoms with Crippen LogP contribution in [0.3, 0.4) is 0 Å². The van der Waals surface area contributed by atoms with Gasteiger partial charge in [0.05, 0.1) is 0 Å². The van der Waals surface area contributed by atoms with Gasteiger partial charge in [-0.2, -0.15) is 0 Å². The van der Waals surface area contributed by atoms with E-state index < -0.39 is 0 Å². The zero-order valence-electron chi connectivity index (χ0n) is 7.62. The van der Waals surface area contributed by atoms with Gasteiger partial charge in [0.1, 0.15) is 0 Å². The van der Waals surface area contributed by atoms with Crippen LogP contribution in [0.1, 0.15) is 0 Å². The number of thioether (sulfide) groups is 2. The molecule has 14 heavy (non-hydrogen) atoms. The zero-order chi connectivity index (χ0) is 10.1. The molecule has 0 unspecified atom stereocenters. The molecule has 0 radical (unpaired) electrons. The minimum Gasteiger partial charge on any atom is -0.327 e. The van der Waals surface area contributed by atoms with Crippen molar-refractivity contribution in [1.82, 2.24) is 19.9 Å². The molecule has 2 aromatic rings. The third-order valence-electron chi connectivity index (χ3n) is 1.70. The van der Waals surface area contributed by atoms with Crippen molar-refractivity contribution < 1.29 is 0 Å². The number of aromatic amines is 2. The van der Waals surface area contributed by atoms with E-state index in [2.05, 4.69) is 19.9 Å². The van der Waals surface area contributed by atoms with Crippen LogP contribution in [0.4, 0.5) is 0 Å². The highest BCUT2D eigenvalue weighted by atomic mass is 32.2. The summed E-state index contributed by atoms with van der Waals surface area (Å²) in [5.41, 5.74) is 0.738. The molecule has 0 aromatic carbocycles. The minimum absolute atomic E-state index is 0.174. The molecule has 74 valence electrons. The van der Waals surface area contributed by atoms with Crippen LogP contribution in [0, 0.1) is 0 Å². The maximum Gasteiger partial charge on any atom is 0.277 e. The Morgan fingerprint density at radius 1 is 1.07 bits per heavy atom. The summed E-state index contributed by atoms with van der Waals surface area (Å²) >= 11 is 2.84. The molecule has 0 aliphatic rings. The van der Waals surface area contributed by atoms with Gasteiger partial charge in [-0.3, -0.25) is 9.78 Å². The van der Waals surface area contributed by atoms with E-state index in [1.54, 1.807) is 0 Å². The maximum atomic E-state index is 11.5. The second-order valence-electron chi connectivity index (χ2n) is 2.52. The molecule has 2 rings (SSSR count). The molecule has 0 saturated carbocycles. The molecule has 0 fully saturated rings. The number of rotatable bonds is 2. The molecule has 0 spiro atoms. The first-order valence-electron chi connectivity index (χ1n) is 3.82. The van der Waals surface area contributed by atoms with Crippen LogP contribution < -0.4 is 5.56 Å². The molecule has 0 saturated heterocycles. The molecule has 0 aliphatic carbocycles. The predicted molar refractivity (Wildman–Crippen MR) is 58.1 cm³/mol. The Balaban J connectivity index is 2.73. The van der Waals surface area contributed by atoms with Gasteiger partial charge in [0.2, 0.25) is 0 Å². The molecular formula is C7H8N4OS2. The summed E-state index contributed by atoms with van der Waals surface area (Å²) in [4.78, 5) is 25.4. The van der Waals surface area contributed by atoms with Gasteiger partial charge >= 0.3 is 0 Å². The van der Waals surface area contributed by atoms with Gasteiger partial charge in [0, 0.05) is 0 Å². The van der Waals surface area contributed by atoms with Gasteiger partial charge < -0.3 is 4.98 Å². The lowest BCUT2D eigenvalue weighted by Crippen LogP contribution is -2.08. The van der Waals surface area contributed by atoms with E-state index in [-0.39, 0.29) is 5.56 Å². The van der Waals surface area contributed by atoms with Crippen molar-refractivity contribution in [3.05, 3.63) is 10.4 Å². The van der Waals surface area contributed by atoms with E-state index in [1.165, 1.54) is 23.5 Å². The number of fused-ring (bicyclic) bond motifs is 1. The fourth-order valence-corrected chi connectivity index (χ4v) is 1.81. The number of nitrogens with one attached hydrogen (secondary N) is 2. The monoisotopic (exact) mass is 228 g/mol. The van der Waals surface area contributed by atoms with Crippen LogP contribution in [0.25, 0.3) is 11.2 Å². The SMILES string of the molecule is CSc1nc2nc(SC)[nH]c2c(=O)[nH]1. The van der Waals surface area contributed by atoms with Crippen molar-refractivity contribution in [2.75, 3.05) is 12.5 Å². The number of H-pyrrole nitrogens is 2. The molecule has 7 heteroatoms. The summed E-state index contributed by atoms with van der Waals surface area (Å²) in [7, 11) is 0. The number of hydrogen-bond donors (Lipinski definition) is 2. The molecule has 2 N–H and O–H groups in total. The zero-order valence-corrected chi connectivity index (χ0v) is 9.25. The first-order chi connectivity index (χ1) is 6.74. The quantitative estimate of drug-likeness (QED) is 0.594. The van der Waals surface area contributed by atoms with Crippen molar-refractivity contribution in [3.8, 4) is 0 Å². The Labute approximate surface area is 88.1 Å². The third-order valence-corrected chi connectivity index (χ3v) is 2.86. The predicted octanol–water partition coefficient (Wildman–Crippen LogP) is 1.09. The molecule has 2 heterocycles. The van der Waals surface area contributed by atoms with E-state index in [4.69, 9.17) is 0 Å². The largest absolute Gasteiger partial charge is 0.327 e. The summed E-state index contributed by atoms with van der Waals surface area (Å²) in [5, 5.41) is 1.29. The van der Waals surface area contributed by atoms with Gasteiger partial charge in [-0.05, 0) is 12.5 Å². The van der Waals surface area contributed by atoms with Crippen LogP contribution in [-0.4, -0.2) is 32.4 Å². The smallest absolute Gasteiger partial charge is 0.277 e. The molecular weight excluding hydrogens is 220 g/mol. The topological polar surface area (TPSA) is 74.4 Å². The molecule has 5 nitrogen and oxygen atoms in total. The summed E-state index contributed by atoms with van der Waals surface area (Å²) in [6.45, 7) is 0. The average Bonchev–Trinajstić information content (AvgIpc) is 2.61. The lowest BCUT2D eigenvalue weighted by Gasteiger charge is -1.92. The number of nitrogens with zero attached hydrogens (tertiary/aromatic N) is 2. The summed E-state index contributed by atoms with van der Waals surface area (Å²) in [6.07, 6.45) is 3.74. The van der Waals surface area contributed by atoms with E-state index >= 15 is 0 Å². The van der Waals surface area contributed by atoms with Crippen LogP contribution >= 0.6 is 23.5 Å². The van der Waals surface area contributed by atoms with Crippen molar-refractivity contribution in [3.63, 3.8) is 0 Å². The van der Waals surface area contributed by atoms with Gasteiger partial charge in [0.15, 0.2) is 21.5 Å². The molecule has 0 amide bonds. The van der Waals surface area contributed by atoms with E-state index in [9.17, 15) is 4.79 Å². The number of imidazole rings is 1. The van der Waals surface area contributed by atoms with Crippen LogP contribution in [-0.2, 0) is 0 Å². The van der Waals surface area contributed by atoms with Gasteiger partial charge in [-0.15, -0.1) is 0 Å². The summed E-state index contributed by atoms with van der Waals surface area (Å²) in [5.74, 6) is 0. The Bertz CT molecular complexity index is 518. The highest BCUT2D eigenvalue weighted by molar-refractivity contribution is 7.98. The lowest BCUT2D eigenvalue weighted by atomic mass is 10.6. The second-order valence-corrected chi connectivity index (χ2v) is 4.11. The summed E-state index contributed by atoms with van der Waals surface area (Å²) < 4.78 is 0. The standard InChI is InChI=1S/C7H8N4OS2/c1-13-6-8-3-4(9-6)10-7(14-2)11-5(3)12/h1-2H3,(H2,8,9,10,11,12). The number of hydrogen-bond acceptors (Lipinski definition) is 5. The first-order valence-corrected chi connectivity index (χ1v) is 6.27. The fourth-order valence-electron chi connectivity index (χ4n) is 1.06. The highest BCUT2D eigenvalue weighted by Crippen LogP contribution is 2.14. The lowest BCUT2D eigenvalue weighted by molar-refractivity contribution is 0.967. The Kier molecular flexibility index (Phi) is 2.51. The van der Waals surface area contributed by atoms with E-state index in [0.29, 0.717) is 21.5 Å². The minimum atomic E-state index is -0.174. The molecule has 0 atom stereocenters. The number of aromatic nitrogens is 4. The normalized spacial score (nSPS) is 11.0. The van der Waals surface area contributed by atoms with Crippen molar-refractivity contribution in [2.45, 2.75) is 10.3 Å². The fraction of sp³-hybridized carbons (Fsp3) is 0.286. The highest BCUT2D eigenvalue weighted by Gasteiger charge is 2.08. The Morgan fingerprint density at radius 3 is 2.21 bits per heavy atom. The van der Waals surface area contributed by atoms with E-state index in [1.807, 2.05) is 12.5 Å². The average molecular weight is 228 g/mol. The van der Waals surface area contributed by atoms with Gasteiger partial charge in [0.25, 0.3) is 5.56 Å². The van der Waals surface area contributed by atoms with Crippen molar-refractivity contribution >= 4 is 34.7 Å². The summed E-state index contributed by atoms with van der Waals surface area (Å²) in [6, 6.07) is 0. The maximum absolute atomic E-state index is 11.5.